The van der Waals surface area contributed by atoms with Gasteiger partial charge in [-0.1, -0.05) is 33.3 Å². The van der Waals surface area contributed by atoms with Crippen LogP contribution >= 0.6 is 27.3 Å². The maximum absolute atomic E-state index is 13.0. The van der Waals surface area contributed by atoms with Crippen molar-refractivity contribution in [2.75, 3.05) is 0 Å². The van der Waals surface area contributed by atoms with Crippen molar-refractivity contribution in [2.24, 2.45) is 0 Å². The Balaban J connectivity index is 2.03. The lowest BCUT2D eigenvalue weighted by molar-refractivity contribution is 0.563. The van der Waals surface area contributed by atoms with Crippen LogP contribution in [0.1, 0.15) is 24.2 Å². The minimum atomic E-state index is -0.264. The van der Waals surface area contributed by atoms with Crippen LogP contribution < -0.4 is 10.2 Å². The van der Waals surface area contributed by atoms with Crippen molar-refractivity contribution in [3.05, 3.63) is 54.8 Å². The number of nitrogens with one attached hydrogen (secondary N) is 2. The summed E-state index contributed by atoms with van der Waals surface area (Å²) in [5.41, 5.74) is 1.84. The van der Waals surface area contributed by atoms with E-state index in [-0.39, 0.29) is 16.7 Å². The largest absolute Gasteiger partial charge is 0.315 e. The number of rotatable bonds is 4. The topological polar surface area (TPSA) is 44.9 Å². The summed E-state index contributed by atoms with van der Waals surface area (Å²) in [5, 5.41) is 5.07. The van der Waals surface area contributed by atoms with Crippen LogP contribution in [0.5, 0.6) is 0 Å². The summed E-state index contributed by atoms with van der Waals surface area (Å²) in [7, 11) is 0. The van der Waals surface area contributed by atoms with Gasteiger partial charge in [0.2, 0.25) is 0 Å². The van der Waals surface area contributed by atoms with Gasteiger partial charge in [-0.05, 0) is 24.6 Å². The Morgan fingerprint density at radius 2 is 2.33 bits per heavy atom. The molecular weight excluding hydrogens is 319 g/mol. The molecule has 1 aromatic heterocycles. The fourth-order valence-electron chi connectivity index (χ4n) is 1.63. The van der Waals surface area contributed by atoms with Crippen molar-refractivity contribution in [1.82, 2.24) is 10.3 Å². The monoisotopic (exact) mass is 330 g/mol. The predicted molar refractivity (Wildman–Crippen MR) is 74.3 cm³/mol. The van der Waals surface area contributed by atoms with Crippen LogP contribution in [-0.2, 0) is 6.54 Å². The summed E-state index contributed by atoms with van der Waals surface area (Å²) >= 11 is 4.49. The average Bonchev–Trinajstić information content (AvgIpc) is 2.72. The number of hydrogen-bond acceptors (Lipinski definition) is 3. The Bertz CT molecular complexity index is 596. The van der Waals surface area contributed by atoms with E-state index in [0.29, 0.717) is 6.54 Å². The zero-order valence-electron chi connectivity index (χ0n) is 9.67. The molecule has 0 spiro atoms. The molecule has 1 unspecified atom stereocenters. The van der Waals surface area contributed by atoms with Gasteiger partial charge in [0.25, 0.3) is 0 Å². The molecule has 18 heavy (non-hydrogen) atoms. The highest BCUT2D eigenvalue weighted by molar-refractivity contribution is 9.10. The third-order valence-electron chi connectivity index (χ3n) is 2.60. The first-order chi connectivity index (χ1) is 8.56. The summed E-state index contributed by atoms with van der Waals surface area (Å²) in [4.78, 5) is 13.7. The zero-order chi connectivity index (χ0) is 13.1. The summed E-state index contributed by atoms with van der Waals surface area (Å²) in [6.45, 7) is 2.56. The van der Waals surface area contributed by atoms with Gasteiger partial charge in [0.1, 0.15) is 5.82 Å². The summed E-state index contributed by atoms with van der Waals surface area (Å²) in [6.07, 6.45) is 0. The van der Waals surface area contributed by atoms with Gasteiger partial charge in [-0.15, -0.1) is 0 Å². The SMILES string of the molecule is CC(NCc1csc(=O)[nH]1)c1ccc(F)cc1Br. The number of H-pyrrole nitrogens is 1. The molecule has 3 nitrogen and oxygen atoms in total. The van der Waals surface area contributed by atoms with Gasteiger partial charge in [0.15, 0.2) is 0 Å². The molecule has 1 heterocycles. The number of aromatic amines is 1. The molecule has 0 fully saturated rings. The van der Waals surface area contributed by atoms with E-state index in [1.54, 1.807) is 11.4 Å². The smallest absolute Gasteiger partial charge is 0.304 e. The molecule has 96 valence electrons. The van der Waals surface area contributed by atoms with Crippen LogP contribution in [-0.4, -0.2) is 4.98 Å². The molecule has 0 radical (unpaired) electrons. The summed E-state index contributed by atoms with van der Waals surface area (Å²) < 4.78 is 13.7. The molecule has 1 aromatic carbocycles. The van der Waals surface area contributed by atoms with Crippen molar-refractivity contribution in [1.29, 1.82) is 0 Å². The maximum Gasteiger partial charge on any atom is 0.304 e. The van der Waals surface area contributed by atoms with Gasteiger partial charge in [-0.25, -0.2) is 4.39 Å². The first-order valence-electron chi connectivity index (χ1n) is 5.41. The van der Waals surface area contributed by atoms with E-state index in [1.165, 1.54) is 12.1 Å². The molecule has 0 aliphatic rings. The standard InChI is InChI=1S/C12H12BrFN2OS/c1-7(10-3-2-8(14)4-11(10)13)15-5-9-6-18-12(17)16-9/h2-4,6-7,15H,5H2,1H3,(H,16,17). The second-order valence-electron chi connectivity index (χ2n) is 3.94. The van der Waals surface area contributed by atoms with Gasteiger partial charge in [0, 0.05) is 28.1 Å². The quantitative estimate of drug-likeness (QED) is 0.904. The predicted octanol–water partition coefficient (Wildman–Crippen LogP) is 3.19. The van der Waals surface area contributed by atoms with Crippen LogP contribution in [0.4, 0.5) is 4.39 Å². The van der Waals surface area contributed by atoms with Crippen molar-refractivity contribution in [3.8, 4) is 0 Å². The molecule has 0 bridgehead atoms. The number of hydrogen-bond donors (Lipinski definition) is 2. The Kier molecular flexibility index (Phi) is 4.31. The van der Waals surface area contributed by atoms with Crippen molar-refractivity contribution in [3.63, 3.8) is 0 Å². The van der Waals surface area contributed by atoms with E-state index in [0.717, 1.165) is 27.1 Å². The molecule has 0 aliphatic carbocycles. The fourth-order valence-corrected chi connectivity index (χ4v) is 2.90. The Morgan fingerprint density at radius 1 is 1.56 bits per heavy atom. The van der Waals surface area contributed by atoms with Crippen LogP contribution in [0.3, 0.4) is 0 Å². The van der Waals surface area contributed by atoms with Crippen LogP contribution in [0, 0.1) is 5.82 Å². The molecule has 0 saturated carbocycles. The molecule has 2 N–H and O–H groups in total. The highest BCUT2D eigenvalue weighted by atomic mass is 79.9. The van der Waals surface area contributed by atoms with Gasteiger partial charge in [0.05, 0.1) is 0 Å². The lowest BCUT2D eigenvalue weighted by Crippen LogP contribution is -2.19. The number of halogens is 2. The Morgan fingerprint density at radius 3 is 2.94 bits per heavy atom. The van der Waals surface area contributed by atoms with Crippen LogP contribution in [0.25, 0.3) is 0 Å². The molecule has 6 heteroatoms. The average molecular weight is 331 g/mol. The first-order valence-corrected chi connectivity index (χ1v) is 7.08. The second kappa shape index (κ2) is 5.77. The first kappa shape index (κ1) is 13.5. The van der Waals surface area contributed by atoms with Gasteiger partial charge in [-0.2, -0.15) is 0 Å². The third-order valence-corrected chi connectivity index (χ3v) is 4.00. The normalized spacial score (nSPS) is 12.6. The minimum Gasteiger partial charge on any atom is -0.315 e. The van der Waals surface area contributed by atoms with E-state index in [1.807, 2.05) is 6.92 Å². The van der Waals surface area contributed by atoms with Crippen LogP contribution in [0.2, 0.25) is 0 Å². The molecule has 0 saturated heterocycles. The van der Waals surface area contributed by atoms with Crippen molar-refractivity contribution < 1.29 is 4.39 Å². The third kappa shape index (κ3) is 3.28. The lowest BCUT2D eigenvalue weighted by Gasteiger charge is -2.15. The molecule has 2 rings (SSSR count). The maximum atomic E-state index is 13.0. The van der Waals surface area contributed by atoms with E-state index in [2.05, 4.69) is 26.2 Å². The summed E-state index contributed by atoms with van der Waals surface area (Å²) in [6, 6.07) is 4.68. The second-order valence-corrected chi connectivity index (χ2v) is 5.64. The highest BCUT2D eigenvalue weighted by Crippen LogP contribution is 2.24. The molecule has 0 aliphatic heterocycles. The van der Waals surface area contributed by atoms with Gasteiger partial charge in [-0.3, -0.25) is 4.79 Å². The van der Waals surface area contributed by atoms with E-state index < -0.39 is 0 Å². The highest BCUT2D eigenvalue weighted by Gasteiger charge is 2.10. The van der Waals surface area contributed by atoms with Crippen LogP contribution in [0.15, 0.2) is 32.8 Å². The number of thiazole rings is 1. The fraction of sp³-hybridized carbons (Fsp3) is 0.250. The van der Waals surface area contributed by atoms with E-state index in [9.17, 15) is 9.18 Å². The molecular formula is C12H12BrFN2OS. The Labute approximate surface area is 116 Å². The van der Waals surface area contributed by atoms with Crippen molar-refractivity contribution in [2.45, 2.75) is 19.5 Å². The Hall–Kier alpha value is -0.980. The van der Waals surface area contributed by atoms with Gasteiger partial charge >= 0.3 is 4.87 Å². The summed E-state index contributed by atoms with van der Waals surface area (Å²) in [5.74, 6) is -0.264. The lowest BCUT2D eigenvalue weighted by atomic mass is 10.1. The molecule has 2 aromatic rings. The molecule has 0 amide bonds. The minimum absolute atomic E-state index is 0.0533. The van der Waals surface area contributed by atoms with Gasteiger partial charge < -0.3 is 10.3 Å². The number of benzene rings is 1. The van der Waals surface area contributed by atoms with E-state index in [4.69, 9.17) is 0 Å². The molecule has 1 atom stereocenters. The van der Waals surface area contributed by atoms with Crippen molar-refractivity contribution >= 4 is 27.3 Å². The number of aromatic nitrogens is 1. The zero-order valence-corrected chi connectivity index (χ0v) is 12.1. The van der Waals surface area contributed by atoms with E-state index >= 15 is 0 Å².